The Hall–Kier alpha value is -0.260. The Balaban J connectivity index is 3.02. The van der Waals surface area contributed by atoms with Crippen LogP contribution in [0.15, 0.2) is 12.2 Å². The molecule has 0 aliphatic carbocycles. The first-order chi connectivity index (χ1) is 10.4. The van der Waals surface area contributed by atoms with Crippen molar-refractivity contribution in [1.29, 1.82) is 0 Å². The van der Waals surface area contributed by atoms with Gasteiger partial charge in [0.25, 0.3) is 0 Å². The fourth-order valence-electron chi connectivity index (χ4n) is 2.85. The van der Waals surface area contributed by atoms with Crippen LogP contribution in [-0.2, 0) is 0 Å². The minimum atomic E-state index is 1.31. The maximum atomic E-state index is 2.42. The van der Waals surface area contributed by atoms with E-state index in [4.69, 9.17) is 0 Å². The fraction of sp³-hybridized carbons (Fsp3) is 0.905. The minimum Gasteiger partial charge on any atom is -0.0885 e. The van der Waals surface area contributed by atoms with E-state index in [0.717, 1.165) is 0 Å². The molecule has 0 fully saturated rings. The quantitative estimate of drug-likeness (QED) is 0.187. The monoisotopic (exact) mass is 294 g/mol. The third kappa shape index (κ3) is 19.7. The van der Waals surface area contributed by atoms with Crippen LogP contribution in [-0.4, -0.2) is 0 Å². The molecule has 0 aliphatic rings. The standard InChI is InChI=1S/C21H42/c1-3-5-7-9-11-13-15-17-19-21-20-18-16-14-12-10-8-6-4-2/h19,21H,3-18,20H2,1-2H3/b21-19+. The Bertz CT molecular complexity index is 192. The number of hydrogen-bond acceptors (Lipinski definition) is 0. The number of allylic oxidation sites excluding steroid dienone is 2. The maximum Gasteiger partial charge on any atom is -0.0351 e. The minimum absolute atomic E-state index is 1.31. The SMILES string of the molecule is CCCCCCCCC/C=C/CCCCCCCCCC. The summed E-state index contributed by atoms with van der Waals surface area (Å²) in [5.41, 5.74) is 0. The van der Waals surface area contributed by atoms with Crippen LogP contribution in [0.25, 0.3) is 0 Å². The van der Waals surface area contributed by atoms with Crippen molar-refractivity contribution < 1.29 is 0 Å². The molecule has 0 heteroatoms. The van der Waals surface area contributed by atoms with Gasteiger partial charge >= 0.3 is 0 Å². The van der Waals surface area contributed by atoms with Crippen LogP contribution in [0.2, 0.25) is 0 Å². The van der Waals surface area contributed by atoms with E-state index < -0.39 is 0 Å². The molecule has 0 bridgehead atoms. The lowest BCUT2D eigenvalue weighted by atomic mass is 10.1. The van der Waals surface area contributed by atoms with Crippen LogP contribution in [0.4, 0.5) is 0 Å². The molecular formula is C21H42. The summed E-state index contributed by atoms with van der Waals surface area (Å²) in [6, 6.07) is 0. The molecule has 0 aromatic heterocycles. The van der Waals surface area contributed by atoms with E-state index in [1.807, 2.05) is 0 Å². The zero-order chi connectivity index (χ0) is 15.4. The van der Waals surface area contributed by atoms with Crippen LogP contribution < -0.4 is 0 Å². The molecule has 0 radical (unpaired) electrons. The molecule has 0 amide bonds. The highest BCUT2D eigenvalue weighted by atomic mass is 14.0. The molecule has 0 spiro atoms. The second-order valence-electron chi connectivity index (χ2n) is 6.64. The Morgan fingerprint density at radius 1 is 0.381 bits per heavy atom. The lowest BCUT2D eigenvalue weighted by molar-refractivity contribution is 0.577. The lowest BCUT2D eigenvalue weighted by Crippen LogP contribution is -1.80. The highest BCUT2D eigenvalue weighted by Crippen LogP contribution is 2.11. The van der Waals surface area contributed by atoms with E-state index >= 15 is 0 Å². The summed E-state index contributed by atoms with van der Waals surface area (Å²) in [4.78, 5) is 0. The molecule has 0 aliphatic heterocycles. The van der Waals surface area contributed by atoms with Gasteiger partial charge in [0.2, 0.25) is 0 Å². The molecule has 0 unspecified atom stereocenters. The van der Waals surface area contributed by atoms with Crippen LogP contribution in [0.5, 0.6) is 0 Å². The van der Waals surface area contributed by atoms with Gasteiger partial charge in [0.15, 0.2) is 0 Å². The average Bonchev–Trinajstić information content (AvgIpc) is 2.50. The summed E-state index contributed by atoms with van der Waals surface area (Å²) in [5.74, 6) is 0. The van der Waals surface area contributed by atoms with Gasteiger partial charge in [-0.05, 0) is 25.7 Å². The van der Waals surface area contributed by atoms with Gasteiger partial charge in [0.1, 0.15) is 0 Å². The van der Waals surface area contributed by atoms with Crippen LogP contribution in [0, 0.1) is 0 Å². The molecule has 0 nitrogen and oxygen atoms in total. The van der Waals surface area contributed by atoms with Gasteiger partial charge in [-0.25, -0.2) is 0 Å². The van der Waals surface area contributed by atoms with Gasteiger partial charge in [-0.3, -0.25) is 0 Å². The third-order valence-corrected chi connectivity index (χ3v) is 4.37. The molecule has 126 valence electrons. The lowest BCUT2D eigenvalue weighted by Gasteiger charge is -2.00. The molecule has 0 saturated carbocycles. The van der Waals surface area contributed by atoms with E-state index in [1.165, 1.54) is 109 Å². The first-order valence-corrected chi connectivity index (χ1v) is 10.1. The van der Waals surface area contributed by atoms with Crippen molar-refractivity contribution in [2.45, 2.75) is 123 Å². The molecule has 0 atom stereocenters. The van der Waals surface area contributed by atoms with Crippen molar-refractivity contribution in [2.24, 2.45) is 0 Å². The predicted octanol–water partition coefficient (Wildman–Crippen LogP) is 8.21. The molecule has 0 saturated heterocycles. The topological polar surface area (TPSA) is 0 Å². The van der Waals surface area contributed by atoms with Crippen LogP contribution >= 0.6 is 0 Å². The molecular weight excluding hydrogens is 252 g/mol. The van der Waals surface area contributed by atoms with Gasteiger partial charge < -0.3 is 0 Å². The van der Waals surface area contributed by atoms with E-state index in [2.05, 4.69) is 26.0 Å². The predicted molar refractivity (Wildman–Crippen MR) is 99.0 cm³/mol. The number of rotatable bonds is 17. The van der Waals surface area contributed by atoms with Gasteiger partial charge in [0.05, 0.1) is 0 Å². The van der Waals surface area contributed by atoms with Gasteiger partial charge in [0, 0.05) is 0 Å². The summed E-state index contributed by atoms with van der Waals surface area (Å²) in [5, 5.41) is 0. The summed E-state index contributed by atoms with van der Waals surface area (Å²) < 4.78 is 0. The van der Waals surface area contributed by atoms with E-state index in [1.54, 1.807) is 0 Å². The molecule has 0 N–H and O–H groups in total. The highest BCUT2D eigenvalue weighted by molar-refractivity contribution is 4.81. The summed E-state index contributed by atoms with van der Waals surface area (Å²) in [6.07, 6.45) is 28.9. The second kappa shape index (κ2) is 19.7. The zero-order valence-corrected chi connectivity index (χ0v) is 15.2. The van der Waals surface area contributed by atoms with Gasteiger partial charge in [-0.2, -0.15) is 0 Å². The van der Waals surface area contributed by atoms with Crippen molar-refractivity contribution in [3.05, 3.63) is 12.2 Å². The van der Waals surface area contributed by atoms with Crippen molar-refractivity contribution in [2.75, 3.05) is 0 Å². The molecule has 0 rings (SSSR count). The molecule has 0 aromatic carbocycles. The smallest absolute Gasteiger partial charge is 0.0351 e. The first-order valence-electron chi connectivity index (χ1n) is 10.1. The number of unbranched alkanes of at least 4 members (excludes halogenated alkanes) is 15. The summed E-state index contributed by atoms with van der Waals surface area (Å²) in [7, 11) is 0. The average molecular weight is 295 g/mol. The molecule has 21 heavy (non-hydrogen) atoms. The van der Waals surface area contributed by atoms with Crippen LogP contribution in [0.3, 0.4) is 0 Å². The van der Waals surface area contributed by atoms with E-state index in [-0.39, 0.29) is 0 Å². The maximum absolute atomic E-state index is 2.42. The van der Waals surface area contributed by atoms with E-state index in [9.17, 15) is 0 Å². The van der Waals surface area contributed by atoms with Crippen molar-refractivity contribution in [1.82, 2.24) is 0 Å². The molecule has 0 aromatic rings. The Morgan fingerprint density at radius 3 is 1.00 bits per heavy atom. The summed E-state index contributed by atoms with van der Waals surface area (Å²) in [6.45, 7) is 4.58. The zero-order valence-electron chi connectivity index (χ0n) is 15.2. The van der Waals surface area contributed by atoms with Crippen molar-refractivity contribution >= 4 is 0 Å². The van der Waals surface area contributed by atoms with Crippen molar-refractivity contribution in [3.8, 4) is 0 Å². The largest absolute Gasteiger partial charge is 0.0885 e. The van der Waals surface area contributed by atoms with Crippen LogP contribution in [0.1, 0.15) is 123 Å². The van der Waals surface area contributed by atoms with Crippen molar-refractivity contribution in [3.63, 3.8) is 0 Å². The number of hydrogen-bond donors (Lipinski definition) is 0. The highest BCUT2D eigenvalue weighted by Gasteiger charge is 1.91. The first kappa shape index (κ1) is 20.7. The summed E-state index contributed by atoms with van der Waals surface area (Å²) >= 11 is 0. The second-order valence-corrected chi connectivity index (χ2v) is 6.64. The van der Waals surface area contributed by atoms with Gasteiger partial charge in [-0.15, -0.1) is 0 Å². The Kier molecular flexibility index (Phi) is 19.5. The fourth-order valence-corrected chi connectivity index (χ4v) is 2.85. The normalized spacial score (nSPS) is 11.5. The molecule has 0 heterocycles. The van der Waals surface area contributed by atoms with E-state index in [0.29, 0.717) is 0 Å². The Labute approximate surface area is 135 Å². The third-order valence-electron chi connectivity index (χ3n) is 4.37. The van der Waals surface area contributed by atoms with Gasteiger partial charge in [-0.1, -0.05) is 109 Å². The Morgan fingerprint density at radius 2 is 0.667 bits per heavy atom.